The molecule has 0 radical (unpaired) electrons. The maximum absolute atomic E-state index is 12.6. The molecule has 1 aliphatic rings. The first kappa shape index (κ1) is 19.9. The highest BCUT2D eigenvalue weighted by molar-refractivity contribution is 5.94. The first-order valence-electron chi connectivity index (χ1n) is 9.27. The largest absolute Gasteiger partial charge is 0.433 e. The predicted octanol–water partition coefficient (Wildman–Crippen LogP) is 2.31. The molecule has 156 valence electrons. The molecule has 1 aliphatic heterocycles. The van der Waals surface area contributed by atoms with Gasteiger partial charge in [-0.2, -0.15) is 13.2 Å². The number of carbonyl (C=O) groups excluding carboxylic acids is 1. The molecule has 10 heteroatoms. The van der Waals surface area contributed by atoms with Crippen molar-refractivity contribution in [2.24, 2.45) is 7.05 Å². The monoisotopic (exact) mass is 417 g/mol. The number of halogens is 3. The van der Waals surface area contributed by atoms with Gasteiger partial charge in [-0.1, -0.05) is 0 Å². The van der Waals surface area contributed by atoms with Crippen LogP contribution in [0.5, 0.6) is 0 Å². The van der Waals surface area contributed by atoms with E-state index in [0.29, 0.717) is 37.1 Å². The van der Waals surface area contributed by atoms with E-state index in [0.717, 1.165) is 24.0 Å². The minimum atomic E-state index is -4.54. The van der Waals surface area contributed by atoms with Crippen LogP contribution in [0.4, 0.5) is 18.9 Å². The zero-order valence-electron chi connectivity index (χ0n) is 16.1. The minimum Gasteiger partial charge on any atom is -0.368 e. The van der Waals surface area contributed by atoms with E-state index in [1.54, 1.807) is 18.0 Å². The third kappa shape index (κ3) is 3.72. The highest BCUT2D eigenvalue weighted by Crippen LogP contribution is 2.27. The van der Waals surface area contributed by atoms with E-state index in [2.05, 4.69) is 14.9 Å². The van der Waals surface area contributed by atoms with Crippen LogP contribution in [-0.4, -0.2) is 51.5 Å². The number of fused-ring (bicyclic) bond motifs is 1. The van der Waals surface area contributed by atoms with Gasteiger partial charge in [-0.3, -0.25) is 14.6 Å². The summed E-state index contributed by atoms with van der Waals surface area (Å²) in [5, 5.41) is 0.535. The van der Waals surface area contributed by atoms with E-state index < -0.39 is 11.9 Å². The number of hydrogen-bond donors (Lipinski definition) is 0. The molecule has 1 amide bonds. The Labute approximate surface area is 169 Å². The molecule has 0 aliphatic carbocycles. The maximum atomic E-state index is 12.6. The van der Waals surface area contributed by atoms with Crippen molar-refractivity contribution in [1.29, 1.82) is 0 Å². The van der Waals surface area contributed by atoms with Gasteiger partial charge in [0.05, 0.1) is 22.8 Å². The lowest BCUT2D eigenvalue weighted by molar-refractivity contribution is -0.141. The molecule has 4 rings (SSSR count). The van der Waals surface area contributed by atoms with Crippen LogP contribution in [0.1, 0.15) is 16.1 Å². The van der Waals surface area contributed by atoms with Crippen molar-refractivity contribution in [2.45, 2.75) is 6.18 Å². The summed E-state index contributed by atoms with van der Waals surface area (Å²) < 4.78 is 39.3. The molecular formula is C20H18F3N5O2. The summed E-state index contributed by atoms with van der Waals surface area (Å²) in [6, 6.07) is 7.40. The van der Waals surface area contributed by atoms with Gasteiger partial charge >= 0.3 is 6.18 Å². The first-order chi connectivity index (χ1) is 14.2. The van der Waals surface area contributed by atoms with E-state index in [4.69, 9.17) is 0 Å². The summed E-state index contributed by atoms with van der Waals surface area (Å²) in [4.78, 5) is 36.0. The predicted molar refractivity (Wildman–Crippen MR) is 104 cm³/mol. The fourth-order valence-corrected chi connectivity index (χ4v) is 3.43. The van der Waals surface area contributed by atoms with Gasteiger partial charge in [0.15, 0.2) is 0 Å². The van der Waals surface area contributed by atoms with Crippen LogP contribution in [0.3, 0.4) is 0 Å². The lowest BCUT2D eigenvalue weighted by atomic mass is 10.1. The Kier molecular flexibility index (Phi) is 4.92. The second-order valence-corrected chi connectivity index (χ2v) is 7.07. The molecule has 3 aromatic rings. The van der Waals surface area contributed by atoms with Crippen LogP contribution in [0, 0.1) is 0 Å². The third-order valence-electron chi connectivity index (χ3n) is 5.13. The molecule has 0 N–H and O–H groups in total. The fourth-order valence-electron chi connectivity index (χ4n) is 3.43. The third-order valence-corrected chi connectivity index (χ3v) is 5.13. The topological polar surface area (TPSA) is 71.3 Å². The highest BCUT2D eigenvalue weighted by atomic mass is 19.4. The van der Waals surface area contributed by atoms with Crippen molar-refractivity contribution in [2.75, 3.05) is 31.1 Å². The zero-order valence-corrected chi connectivity index (χ0v) is 16.1. The van der Waals surface area contributed by atoms with Crippen molar-refractivity contribution in [3.8, 4) is 0 Å². The lowest BCUT2D eigenvalue weighted by Gasteiger charge is -2.36. The van der Waals surface area contributed by atoms with Crippen molar-refractivity contribution >= 4 is 22.5 Å². The number of hydrogen-bond acceptors (Lipinski definition) is 5. The van der Waals surface area contributed by atoms with Crippen LogP contribution in [0.15, 0.2) is 47.7 Å². The zero-order chi connectivity index (χ0) is 21.5. The van der Waals surface area contributed by atoms with Gasteiger partial charge in [0.1, 0.15) is 5.69 Å². The Morgan fingerprint density at radius 3 is 2.40 bits per heavy atom. The summed E-state index contributed by atoms with van der Waals surface area (Å²) in [5.74, 6) is -0.348. The second-order valence-electron chi connectivity index (χ2n) is 7.07. The standard InChI is InChI=1S/C20H18F3N5O2/c1-26-12-25-16-10-14(3-4-15(16)19(26)30)27-6-8-28(9-7-27)18(29)13-2-5-17(24-11-13)20(21,22)23/h2-5,10-12H,6-9H2,1H3. The molecule has 0 unspecified atom stereocenters. The normalized spacial score (nSPS) is 14.9. The Morgan fingerprint density at radius 1 is 1.03 bits per heavy atom. The quantitative estimate of drug-likeness (QED) is 0.640. The highest BCUT2D eigenvalue weighted by Gasteiger charge is 2.32. The lowest BCUT2D eigenvalue weighted by Crippen LogP contribution is -2.48. The molecule has 0 saturated carbocycles. The van der Waals surface area contributed by atoms with Crippen molar-refractivity contribution in [1.82, 2.24) is 19.4 Å². The van der Waals surface area contributed by atoms with E-state index in [-0.39, 0.29) is 17.0 Å². The minimum absolute atomic E-state index is 0.118. The number of pyridine rings is 1. The molecule has 1 aromatic carbocycles. The van der Waals surface area contributed by atoms with Crippen molar-refractivity contribution in [3.05, 3.63) is 64.5 Å². The van der Waals surface area contributed by atoms with Gasteiger partial charge in [0.25, 0.3) is 11.5 Å². The van der Waals surface area contributed by atoms with Crippen LogP contribution >= 0.6 is 0 Å². The van der Waals surface area contributed by atoms with Gasteiger partial charge in [-0.15, -0.1) is 0 Å². The number of rotatable bonds is 2. The van der Waals surface area contributed by atoms with E-state index in [1.165, 1.54) is 10.9 Å². The van der Waals surface area contributed by atoms with Gasteiger partial charge in [-0.05, 0) is 30.3 Å². The Bertz CT molecular complexity index is 1150. The number of aryl methyl sites for hydroxylation is 1. The number of nitrogens with zero attached hydrogens (tertiary/aromatic N) is 5. The molecule has 0 spiro atoms. The number of carbonyl (C=O) groups is 1. The SMILES string of the molecule is Cn1cnc2cc(N3CCN(C(=O)c4ccc(C(F)(F)F)nc4)CC3)ccc2c1=O. The van der Waals surface area contributed by atoms with Crippen LogP contribution < -0.4 is 10.5 Å². The van der Waals surface area contributed by atoms with Crippen molar-refractivity contribution in [3.63, 3.8) is 0 Å². The molecule has 7 nitrogen and oxygen atoms in total. The molecule has 1 saturated heterocycles. The summed E-state index contributed by atoms with van der Waals surface area (Å²) in [6.07, 6.45) is -2.09. The molecule has 30 heavy (non-hydrogen) atoms. The molecule has 2 aromatic heterocycles. The number of alkyl halides is 3. The molecular weight excluding hydrogens is 399 g/mol. The van der Waals surface area contributed by atoms with Crippen molar-refractivity contribution < 1.29 is 18.0 Å². The second kappa shape index (κ2) is 7.43. The van der Waals surface area contributed by atoms with Crippen LogP contribution in [0.25, 0.3) is 10.9 Å². The number of amides is 1. The molecule has 3 heterocycles. The Morgan fingerprint density at radius 2 is 1.77 bits per heavy atom. The number of benzene rings is 1. The van der Waals surface area contributed by atoms with Gasteiger partial charge < -0.3 is 14.4 Å². The summed E-state index contributed by atoms with van der Waals surface area (Å²) in [7, 11) is 1.64. The average Bonchev–Trinajstić information content (AvgIpc) is 2.75. The summed E-state index contributed by atoms with van der Waals surface area (Å²) >= 11 is 0. The van der Waals surface area contributed by atoms with Gasteiger partial charge in [0.2, 0.25) is 0 Å². The Hall–Kier alpha value is -3.43. The fraction of sp³-hybridized carbons (Fsp3) is 0.300. The number of aromatic nitrogens is 3. The van der Waals surface area contributed by atoms with Crippen LogP contribution in [0.2, 0.25) is 0 Å². The van der Waals surface area contributed by atoms with E-state index in [1.807, 2.05) is 12.1 Å². The smallest absolute Gasteiger partial charge is 0.368 e. The molecule has 1 fully saturated rings. The summed E-state index contributed by atoms with van der Waals surface area (Å²) in [6.45, 7) is 1.94. The van der Waals surface area contributed by atoms with E-state index in [9.17, 15) is 22.8 Å². The van der Waals surface area contributed by atoms with Crippen LogP contribution in [-0.2, 0) is 13.2 Å². The molecule has 0 atom stereocenters. The average molecular weight is 417 g/mol. The maximum Gasteiger partial charge on any atom is 0.433 e. The Balaban J connectivity index is 1.45. The number of anilines is 1. The molecule has 0 bridgehead atoms. The van der Waals surface area contributed by atoms with Gasteiger partial charge in [0, 0.05) is 45.1 Å². The first-order valence-corrected chi connectivity index (χ1v) is 9.27. The van der Waals surface area contributed by atoms with Gasteiger partial charge in [-0.25, -0.2) is 4.98 Å². The van der Waals surface area contributed by atoms with E-state index >= 15 is 0 Å². The number of piperazine rings is 1. The summed E-state index contributed by atoms with van der Waals surface area (Å²) in [5.41, 5.74) is 0.481.